The van der Waals surface area contributed by atoms with E-state index in [2.05, 4.69) is 0 Å². The maximum absolute atomic E-state index is 13.2. The summed E-state index contributed by atoms with van der Waals surface area (Å²) in [6.45, 7) is 0.179. The zero-order valence-electron chi connectivity index (χ0n) is 17.5. The first-order chi connectivity index (χ1) is 16.3. The highest BCUT2D eigenvalue weighted by Gasteiger charge is 2.34. The van der Waals surface area contributed by atoms with Crippen LogP contribution in [0.3, 0.4) is 0 Å². The summed E-state index contributed by atoms with van der Waals surface area (Å²) in [5.41, 5.74) is 1.87. The second-order valence-corrected chi connectivity index (χ2v) is 10.4. The molecular weight excluding hydrogens is 556 g/mol. The van der Waals surface area contributed by atoms with Gasteiger partial charge in [-0.15, -0.1) is 0 Å². The number of rotatable bonds is 6. The van der Waals surface area contributed by atoms with Crippen LogP contribution in [-0.2, 0) is 11.4 Å². The number of benzene rings is 3. The largest absolute Gasteiger partial charge is 0.493 e. The summed E-state index contributed by atoms with van der Waals surface area (Å²) in [4.78, 5) is 15.0. The molecule has 10 heteroatoms. The first kappa shape index (κ1) is 25.2. The van der Waals surface area contributed by atoms with E-state index in [9.17, 15) is 4.79 Å². The molecule has 0 spiro atoms. The Morgan fingerprint density at radius 2 is 1.71 bits per heavy atom. The number of amides is 1. The van der Waals surface area contributed by atoms with Gasteiger partial charge in [0.1, 0.15) is 6.61 Å². The van der Waals surface area contributed by atoms with Crippen LogP contribution in [-0.4, -0.2) is 17.3 Å². The van der Waals surface area contributed by atoms with E-state index < -0.39 is 0 Å². The maximum atomic E-state index is 13.2. The fourth-order valence-electron chi connectivity index (χ4n) is 3.23. The average molecular weight is 571 g/mol. The first-order valence-corrected chi connectivity index (χ1v) is 12.5. The van der Waals surface area contributed by atoms with Gasteiger partial charge in [-0.2, -0.15) is 0 Å². The number of carbonyl (C=O) groups is 1. The van der Waals surface area contributed by atoms with Crippen molar-refractivity contribution in [3.8, 4) is 11.5 Å². The molecule has 4 rings (SSSR count). The summed E-state index contributed by atoms with van der Waals surface area (Å²) in [7, 11) is 1.54. The minimum Gasteiger partial charge on any atom is -0.493 e. The van der Waals surface area contributed by atoms with Crippen molar-refractivity contribution in [3.63, 3.8) is 0 Å². The van der Waals surface area contributed by atoms with Crippen LogP contribution in [0.4, 0.5) is 5.69 Å². The standard InChI is InChI=1S/C24H15Cl4NO3S2/c1-31-20-4-2-3-13(22(20)32-12-14-5-6-15(25)10-17(14)27)9-21-23(30)29(24(33)34-21)19-8-7-16(26)11-18(19)28/h2-11H,12H2,1H3/b21-9-. The van der Waals surface area contributed by atoms with E-state index in [0.717, 1.165) is 5.56 Å². The van der Waals surface area contributed by atoms with Crippen LogP contribution < -0.4 is 14.4 Å². The monoisotopic (exact) mass is 569 g/mol. The molecule has 0 saturated carbocycles. The molecule has 1 aliphatic rings. The van der Waals surface area contributed by atoms with E-state index in [1.165, 1.54) is 16.7 Å². The van der Waals surface area contributed by atoms with Gasteiger partial charge in [-0.1, -0.05) is 88.6 Å². The number of para-hydroxylation sites is 1. The van der Waals surface area contributed by atoms with Crippen LogP contribution in [0.15, 0.2) is 59.5 Å². The number of nitrogens with zero attached hydrogens (tertiary/aromatic N) is 1. The summed E-state index contributed by atoms with van der Waals surface area (Å²) in [6.07, 6.45) is 1.71. The summed E-state index contributed by atoms with van der Waals surface area (Å²) >= 11 is 31.2. The minimum absolute atomic E-state index is 0.179. The van der Waals surface area contributed by atoms with Crippen LogP contribution >= 0.6 is 70.4 Å². The molecule has 34 heavy (non-hydrogen) atoms. The third-order valence-corrected chi connectivity index (χ3v) is 7.27. The van der Waals surface area contributed by atoms with Gasteiger partial charge in [-0.05, 0) is 42.5 Å². The molecule has 3 aromatic carbocycles. The van der Waals surface area contributed by atoms with Crippen molar-refractivity contribution in [2.24, 2.45) is 0 Å². The second-order valence-electron chi connectivity index (χ2n) is 7.02. The Bertz CT molecular complexity index is 1330. The van der Waals surface area contributed by atoms with Gasteiger partial charge < -0.3 is 9.47 Å². The van der Waals surface area contributed by atoms with E-state index >= 15 is 0 Å². The van der Waals surface area contributed by atoms with Crippen molar-refractivity contribution in [2.75, 3.05) is 12.0 Å². The Balaban J connectivity index is 1.66. The van der Waals surface area contributed by atoms with Crippen molar-refractivity contribution in [2.45, 2.75) is 6.61 Å². The molecule has 0 aromatic heterocycles. The molecular formula is C24H15Cl4NO3S2. The van der Waals surface area contributed by atoms with Crippen LogP contribution in [0.1, 0.15) is 11.1 Å². The van der Waals surface area contributed by atoms with Crippen LogP contribution in [0.5, 0.6) is 11.5 Å². The number of ether oxygens (including phenoxy) is 2. The molecule has 0 unspecified atom stereocenters. The number of halogens is 4. The highest BCUT2D eigenvalue weighted by Crippen LogP contribution is 2.41. The lowest BCUT2D eigenvalue weighted by atomic mass is 10.1. The quantitative estimate of drug-likeness (QED) is 0.220. The number of hydrogen-bond donors (Lipinski definition) is 0. The number of thiocarbonyl (C=S) groups is 1. The van der Waals surface area contributed by atoms with E-state index in [1.54, 1.807) is 55.7 Å². The Hall–Kier alpha value is -1.93. The number of thioether (sulfide) groups is 1. The topological polar surface area (TPSA) is 38.8 Å². The van der Waals surface area contributed by atoms with Gasteiger partial charge in [0.05, 0.1) is 22.7 Å². The molecule has 0 atom stereocenters. The maximum Gasteiger partial charge on any atom is 0.270 e. The molecule has 0 radical (unpaired) electrons. The van der Waals surface area contributed by atoms with Gasteiger partial charge in [0.15, 0.2) is 15.8 Å². The lowest BCUT2D eigenvalue weighted by Gasteiger charge is -2.16. The van der Waals surface area contributed by atoms with E-state index in [4.69, 9.17) is 68.1 Å². The fourth-order valence-corrected chi connectivity index (χ4v) is 5.46. The lowest BCUT2D eigenvalue weighted by Crippen LogP contribution is -2.27. The van der Waals surface area contributed by atoms with Crippen molar-refractivity contribution < 1.29 is 14.3 Å². The van der Waals surface area contributed by atoms with Crippen LogP contribution in [0.2, 0.25) is 20.1 Å². The van der Waals surface area contributed by atoms with E-state index in [0.29, 0.717) is 52.1 Å². The van der Waals surface area contributed by atoms with E-state index in [-0.39, 0.29) is 12.5 Å². The molecule has 4 nitrogen and oxygen atoms in total. The normalized spacial score (nSPS) is 14.7. The number of anilines is 1. The number of methoxy groups -OCH3 is 1. The Kier molecular flexibility index (Phi) is 7.97. The molecule has 174 valence electrons. The summed E-state index contributed by atoms with van der Waals surface area (Å²) < 4.78 is 11.9. The molecule has 1 aliphatic heterocycles. The third kappa shape index (κ3) is 5.33. The molecule has 1 heterocycles. The Labute approximate surface area is 226 Å². The van der Waals surface area contributed by atoms with Crippen molar-refractivity contribution in [3.05, 3.63) is 90.7 Å². The summed E-state index contributed by atoms with van der Waals surface area (Å²) in [5, 5.41) is 1.82. The van der Waals surface area contributed by atoms with Gasteiger partial charge in [0.2, 0.25) is 0 Å². The summed E-state index contributed by atoms with van der Waals surface area (Å²) in [6, 6.07) is 15.5. The first-order valence-electron chi connectivity index (χ1n) is 9.75. The van der Waals surface area contributed by atoms with Gasteiger partial charge in [-0.25, -0.2) is 0 Å². The average Bonchev–Trinajstić information content (AvgIpc) is 3.06. The van der Waals surface area contributed by atoms with Crippen molar-refractivity contribution in [1.82, 2.24) is 0 Å². The van der Waals surface area contributed by atoms with Crippen molar-refractivity contribution >= 4 is 92.4 Å². The highest BCUT2D eigenvalue weighted by atomic mass is 35.5. The van der Waals surface area contributed by atoms with Gasteiger partial charge in [0.25, 0.3) is 5.91 Å². The Morgan fingerprint density at radius 1 is 1.00 bits per heavy atom. The summed E-state index contributed by atoms with van der Waals surface area (Å²) in [5.74, 6) is 0.676. The van der Waals surface area contributed by atoms with E-state index in [1.807, 2.05) is 12.1 Å². The second kappa shape index (κ2) is 10.8. The molecule has 1 fully saturated rings. The molecule has 3 aromatic rings. The lowest BCUT2D eigenvalue weighted by molar-refractivity contribution is -0.113. The third-order valence-electron chi connectivity index (χ3n) is 4.85. The van der Waals surface area contributed by atoms with Gasteiger partial charge in [0, 0.05) is 26.2 Å². The van der Waals surface area contributed by atoms with Gasteiger partial charge in [-0.3, -0.25) is 9.69 Å². The minimum atomic E-state index is -0.297. The Morgan fingerprint density at radius 3 is 2.38 bits per heavy atom. The van der Waals surface area contributed by atoms with Crippen LogP contribution in [0, 0.1) is 0 Å². The predicted octanol–water partition coefficient (Wildman–Crippen LogP) is 8.29. The fraction of sp³-hybridized carbons (Fsp3) is 0.0833. The SMILES string of the molecule is COc1cccc(/C=C2\SC(=S)N(c3ccc(Cl)cc3Cl)C2=O)c1OCc1ccc(Cl)cc1Cl. The predicted molar refractivity (Wildman–Crippen MR) is 146 cm³/mol. The highest BCUT2D eigenvalue weighted by molar-refractivity contribution is 8.27. The zero-order chi connectivity index (χ0) is 24.4. The molecule has 0 N–H and O–H groups in total. The molecule has 1 saturated heterocycles. The molecule has 0 aliphatic carbocycles. The zero-order valence-corrected chi connectivity index (χ0v) is 22.1. The van der Waals surface area contributed by atoms with Gasteiger partial charge >= 0.3 is 0 Å². The van der Waals surface area contributed by atoms with Crippen molar-refractivity contribution in [1.29, 1.82) is 0 Å². The number of carbonyl (C=O) groups excluding carboxylic acids is 1. The van der Waals surface area contributed by atoms with Crippen LogP contribution in [0.25, 0.3) is 6.08 Å². The number of hydrogen-bond acceptors (Lipinski definition) is 5. The molecule has 0 bridgehead atoms. The smallest absolute Gasteiger partial charge is 0.270 e. The molecule has 1 amide bonds.